The summed E-state index contributed by atoms with van der Waals surface area (Å²) in [4.78, 5) is 38.9. The molecule has 0 spiro atoms. The summed E-state index contributed by atoms with van der Waals surface area (Å²) < 4.78 is 5.52. The number of benzene rings is 2. The highest BCUT2D eigenvalue weighted by Gasteiger charge is 2.37. The Bertz CT molecular complexity index is 1000. The standard InChI is InChI=1S/C24H27ClN2O5/c1-24(2,3)32-23(31)27-14-16-6-4-5-7-18(16)20(27)13-21(28)26-19(22(29)30)12-15-8-10-17(25)11-9-15/h4-11,19-20H,12-14H2,1-3H3,(H,26,28)(H,29,30)/t19-,20?/m1/s1. The number of rotatable bonds is 6. The summed E-state index contributed by atoms with van der Waals surface area (Å²) in [5.74, 6) is -1.59. The molecule has 0 aromatic heterocycles. The molecular formula is C24H27ClN2O5. The first-order valence-electron chi connectivity index (χ1n) is 10.4. The molecule has 0 bridgehead atoms. The zero-order valence-electron chi connectivity index (χ0n) is 18.3. The fourth-order valence-corrected chi connectivity index (χ4v) is 3.81. The number of carbonyl (C=O) groups excluding carboxylic acids is 2. The first kappa shape index (κ1) is 23.6. The molecule has 1 aliphatic heterocycles. The Morgan fingerprint density at radius 3 is 2.44 bits per heavy atom. The van der Waals surface area contributed by atoms with Crippen LogP contribution in [-0.2, 0) is 27.3 Å². The van der Waals surface area contributed by atoms with E-state index in [1.807, 2.05) is 24.3 Å². The molecule has 170 valence electrons. The topological polar surface area (TPSA) is 95.9 Å². The lowest BCUT2D eigenvalue weighted by Gasteiger charge is -2.29. The Morgan fingerprint density at radius 1 is 1.16 bits per heavy atom. The summed E-state index contributed by atoms with van der Waals surface area (Å²) in [5, 5.41) is 12.7. The van der Waals surface area contributed by atoms with Crippen molar-refractivity contribution in [2.75, 3.05) is 0 Å². The van der Waals surface area contributed by atoms with E-state index >= 15 is 0 Å². The number of amides is 2. The SMILES string of the molecule is CC(C)(C)OC(=O)N1Cc2ccccc2C1CC(=O)N[C@H](Cc1ccc(Cl)cc1)C(=O)O. The summed E-state index contributed by atoms with van der Waals surface area (Å²) in [6.45, 7) is 5.67. The second-order valence-electron chi connectivity index (χ2n) is 8.82. The number of ether oxygens (including phenoxy) is 1. The fraction of sp³-hybridized carbons (Fsp3) is 0.375. The maximum absolute atomic E-state index is 12.8. The first-order chi connectivity index (χ1) is 15.0. The van der Waals surface area contributed by atoms with Crippen molar-refractivity contribution in [2.24, 2.45) is 0 Å². The molecule has 1 heterocycles. The number of nitrogens with one attached hydrogen (secondary N) is 1. The number of hydrogen-bond acceptors (Lipinski definition) is 4. The molecule has 3 rings (SSSR count). The average Bonchev–Trinajstić information content (AvgIpc) is 3.06. The summed E-state index contributed by atoms with van der Waals surface area (Å²) in [5.41, 5.74) is 1.86. The van der Waals surface area contributed by atoms with Gasteiger partial charge in [-0.25, -0.2) is 9.59 Å². The molecule has 2 N–H and O–H groups in total. The van der Waals surface area contributed by atoms with E-state index < -0.39 is 35.7 Å². The van der Waals surface area contributed by atoms with E-state index in [0.717, 1.165) is 16.7 Å². The zero-order chi connectivity index (χ0) is 23.5. The number of carboxylic acids is 1. The number of nitrogens with zero attached hydrogens (tertiary/aromatic N) is 1. The van der Waals surface area contributed by atoms with Crippen molar-refractivity contribution in [3.63, 3.8) is 0 Å². The molecule has 8 heteroatoms. The lowest BCUT2D eigenvalue weighted by atomic mass is 10.0. The van der Waals surface area contributed by atoms with Crippen molar-refractivity contribution in [3.05, 3.63) is 70.2 Å². The van der Waals surface area contributed by atoms with Crippen LogP contribution in [0.15, 0.2) is 48.5 Å². The maximum Gasteiger partial charge on any atom is 0.411 e. The minimum atomic E-state index is -1.14. The van der Waals surface area contributed by atoms with Gasteiger partial charge in [-0.05, 0) is 49.6 Å². The molecule has 1 aliphatic rings. The van der Waals surface area contributed by atoms with Crippen molar-refractivity contribution in [3.8, 4) is 0 Å². The Kier molecular flexibility index (Phi) is 7.09. The molecular weight excluding hydrogens is 432 g/mol. The summed E-state index contributed by atoms with van der Waals surface area (Å²) in [6.07, 6.45) is -0.460. The van der Waals surface area contributed by atoms with Crippen molar-refractivity contribution in [2.45, 2.75) is 57.8 Å². The largest absolute Gasteiger partial charge is 0.480 e. The van der Waals surface area contributed by atoms with Crippen molar-refractivity contribution < 1.29 is 24.2 Å². The molecule has 0 saturated carbocycles. The number of carboxylic acid groups (broad SMARTS) is 1. The van der Waals surface area contributed by atoms with E-state index in [2.05, 4.69) is 5.32 Å². The van der Waals surface area contributed by atoms with Crippen LogP contribution in [0.25, 0.3) is 0 Å². The highest BCUT2D eigenvalue weighted by Crippen LogP contribution is 2.37. The zero-order valence-corrected chi connectivity index (χ0v) is 19.1. The van der Waals surface area contributed by atoms with Crippen LogP contribution in [0.1, 0.15) is 49.9 Å². The van der Waals surface area contributed by atoms with Crippen LogP contribution >= 0.6 is 11.6 Å². The van der Waals surface area contributed by atoms with E-state index in [4.69, 9.17) is 16.3 Å². The Balaban J connectivity index is 1.74. The van der Waals surface area contributed by atoms with Gasteiger partial charge in [-0.3, -0.25) is 9.69 Å². The number of halogens is 1. The average molecular weight is 459 g/mol. The van der Waals surface area contributed by atoms with Gasteiger partial charge in [0.1, 0.15) is 11.6 Å². The van der Waals surface area contributed by atoms with Gasteiger partial charge in [0.25, 0.3) is 0 Å². The normalized spacial score (nSPS) is 16.2. The van der Waals surface area contributed by atoms with Gasteiger partial charge < -0.3 is 15.2 Å². The van der Waals surface area contributed by atoms with Crippen LogP contribution in [0.4, 0.5) is 4.79 Å². The minimum absolute atomic E-state index is 0.0688. The third kappa shape index (κ3) is 6.01. The van der Waals surface area contributed by atoms with Gasteiger partial charge in [-0.1, -0.05) is 48.0 Å². The minimum Gasteiger partial charge on any atom is -0.480 e. The molecule has 0 aliphatic carbocycles. The lowest BCUT2D eigenvalue weighted by molar-refractivity contribution is -0.142. The van der Waals surface area contributed by atoms with Gasteiger partial charge in [0.2, 0.25) is 5.91 Å². The van der Waals surface area contributed by atoms with Crippen LogP contribution in [0.5, 0.6) is 0 Å². The molecule has 1 unspecified atom stereocenters. The van der Waals surface area contributed by atoms with Crippen molar-refractivity contribution in [1.29, 1.82) is 0 Å². The van der Waals surface area contributed by atoms with Gasteiger partial charge in [0.05, 0.1) is 12.5 Å². The highest BCUT2D eigenvalue weighted by molar-refractivity contribution is 6.30. The third-order valence-electron chi connectivity index (χ3n) is 5.12. The van der Waals surface area contributed by atoms with E-state index in [0.29, 0.717) is 11.6 Å². The number of fused-ring (bicyclic) bond motifs is 1. The van der Waals surface area contributed by atoms with Crippen LogP contribution in [0.3, 0.4) is 0 Å². The molecule has 2 amide bonds. The van der Waals surface area contributed by atoms with E-state index in [1.165, 1.54) is 4.90 Å². The molecule has 0 fully saturated rings. The predicted octanol–water partition coefficient (Wildman–Crippen LogP) is 4.33. The monoisotopic (exact) mass is 458 g/mol. The molecule has 2 aromatic carbocycles. The number of aliphatic carboxylic acids is 1. The predicted molar refractivity (Wildman–Crippen MR) is 120 cm³/mol. The number of carbonyl (C=O) groups is 3. The molecule has 7 nitrogen and oxygen atoms in total. The van der Waals surface area contributed by atoms with Gasteiger partial charge in [-0.2, -0.15) is 0 Å². The number of hydrogen-bond donors (Lipinski definition) is 2. The molecule has 2 aromatic rings. The lowest BCUT2D eigenvalue weighted by Crippen LogP contribution is -2.44. The third-order valence-corrected chi connectivity index (χ3v) is 5.38. The maximum atomic E-state index is 12.8. The Morgan fingerprint density at radius 2 is 1.81 bits per heavy atom. The Labute approximate surface area is 192 Å². The van der Waals surface area contributed by atoms with E-state index in [-0.39, 0.29) is 12.8 Å². The fourth-order valence-electron chi connectivity index (χ4n) is 3.68. The molecule has 2 atom stereocenters. The van der Waals surface area contributed by atoms with Crippen LogP contribution in [-0.4, -0.2) is 39.6 Å². The van der Waals surface area contributed by atoms with Crippen LogP contribution < -0.4 is 5.32 Å². The van der Waals surface area contributed by atoms with Crippen molar-refractivity contribution >= 4 is 29.6 Å². The quantitative estimate of drug-likeness (QED) is 0.671. The second-order valence-corrected chi connectivity index (χ2v) is 9.25. The molecule has 0 radical (unpaired) electrons. The van der Waals surface area contributed by atoms with Gasteiger partial charge in [0, 0.05) is 18.0 Å². The first-order valence-corrected chi connectivity index (χ1v) is 10.8. The highest BCUT2D eigenvalue weighted by atomic mass is 35.5. The summed E-state index contributed by atoms with van der Waals surface area (Å²) in [7, 11) is 0. The van der Waals surface area contributed by atoms with Crippen LogP contribution in [0, 0.1) is 0 Å². The van der Waals surface area contributed by atoms with Crippen LogP contribution in [0.2, 0.25) is 5.02 Å². The summed E-state index contributed by atoms with van der Waals surface area (Å²) in [6, 6.07) is 12.7. The van der Waals surface area contributed by atoms with Crippen molar-refractivity contribution in [1.82, 2.24) is 10.2 Å². The van der Waals surface area contributed by atoms with E-state index in [1.54, 1.807) is 45.0 Å². The van der Waals surface area contributed by atoms with Gasteiger partial charge in [-0.15, -0.1) is 0 Å². The summed E-state index contributed by atoms with van der Waals surface area (Å²) >= 11 is 5.88. The Hall–Kier alpha value is -3.06. The molecule has 32 heavy (non-hydrogen) atoms. The van der Waals surface area contributed by atoms with Gasteiger partial charge in [0.15, 0.2) is 0 Å². The second kappa shape index (κ2) is 9.61. The van der Waals surface area contributed by atoms with Gasteiger partial charge >= 0.3 is 12.1 Å². The van der Waals surface area contributed by atoms with E-state index in [9.17, 15) is 19.5 Å². The molecule has 0 saturated heterocycles. The smallest absolute Gasteiger partial charge is 0.411 e.